The largest absolute Gasteiger partial charge is 0.472 e. The summed E-state index contributed by atoms with van der Waals surface area (Å²) in [6.07, 6.45) is 1.85. The van der Waals surface area contributed by atoms with Crippen LogP contribution in [0.1, 0.15) is 74.5 Å². The Bertz CT molecular complexity index is 1390. The van der Waals surface area contributed by atoms with Gasteiger partial charge in [-0.05, 0) is 57.3 Å². The molecule has 38 heavy (non-hydrogen) atoms. The Kier molecular flexibility index (Phi) is 8.42. The van der Waals surface area contributed by atoms with Crippen LogP contribution in [0.2, 0.25) is 0 Å². The van der Waals surface area contributed by atoms with Gasteiger partial charge in [-0.2, -0.15) is 0 Å². The number of aromatic nitrogens is 4. The summed E-state index contributed by atoms with van der Waals surface area (Å²) in [5.41, 5.74) is 10.4. The molecule has 200 valence electrons. The highest BCUT2D eigenvalue weighted by molar-refractivity contribution is 5.95. The first kappa shape index (κ1) is 27.3. The van der Waals surface area contributed by atoms with E-state index < -0.39 is 0 Å². The van der Waals surface area contributed by atoms with Gasteiger partial charge in [-0.1, -0.05) is 75.5 Å². The van der Waals surface area contributed by atoms with Crippen molar-refractivity contribution < 1.29 is 19.0 Å². The summed E-state index contributed by atoms with van der Waals surface area (Å²) >= 11 is 0. The molecule has 4 rings (SSSR count). The van der Waals surface area contributed by atoms with Gasteiger partial charge < -0.3 is 15.2 Å². The van der Waals surface area contributed by atoms with E-state index in [2.05, 4.69) is 50.9 Å². The van der Waals surface area contributed by atoms with Crippen molar-refractivity contribution >= 4 is 17.4 Å². The standard InChI is InChI=1S/C30H38N5O3/c1-6-25(7-2)38-27-13-14-28-34(33-29(31)35(28)32-27)18-26(36)23-15-22(16-24(17-23)30(3,4)5)20-37-19-21-11-9-8-10-12-21/h8-17,25H,6-7,18-20H2,1-5H3,(H2,31,33)/q+1. The van der Waals surface area contributed by atoms with Crippen LogP contribution in [0.5, 0.6) is 5.88 Å². The summed E-state index contributed by atoms with van der Waals surface area (Å²) in [4.78, 5) is 13.5. The van der Waals surface area contributed by atoms with Gasteiger partial charge in [-0.3, -0.25) is 4.79 Å². The minimum atomic E-state index is -0.127. The molecule has 8 nitrogen and oxygen atoms in total. The van der Waals surface area contributed by atoms with E-state index in [0.717, 1.165) is 29.5 Å². The number of anilines is 1. The van der Waals surface area contributed by atoms with Crippen LogP contribution in [0.3, 0.4) is 0 Å². The molecule has 0 aliphatic heterocycles. The fraction of sp³-hybridized carbons (Fsp3) is 0.400. The number of carbonyl (C=O) groups excluding carboxylic acids is 1. The fourth-order valence-corrected chi connectivity index (χ4v) is 4.24. The highest BCUT2D eigenvalue weighted by atomic mass is 16.5. The van der Waals surface area contributed by atoms with Gasteiger partial charge in [0.2, 0.25) is 5.78 Å². The molecular weight excluding hydrogens is 478 g/mol. The maximum absolute atomic E-state index is 13.5. The van der Waals surface area contributed by atoms with Gasteiger partial charge in [0.1, 0.15) is 6.10 Å². The van der Waals surface area contributed by atoms with E-state index in [1.54, 1.807) is 10.7 Å². The fourth-order valence-electron chi connectivity index (χ4n) is 4.24. The second-order valence-electron chi connectivity index (χ2n) is 10.6. The van der Waals surface area contributed by atoms with Gasteiger partial charge >= 0.3 is 11.6 Å². The molecule has 0 saturated carbocycles. The summed E-state index contributed by atoms with van der Waals surface area (Å²) in [5.74, 6) is 0.607. The Labute approximate surface area is 224 Å². The van der Waals surface area contributed by atoms with E-state index in [9.17, 15) is 4.79 Å². The number of benzene rings is 2. The first-order chi connectivity index (χ1) is 18.2. The zero-order valence-electron chi connectivity index (χ0n) is 23.0. The molecule has 2 aromatic heterocycles. The van der Waals surface area contributed by atoms with Gasteiger partial charge in [0.05, 0.1) is 13.2 Å². The normalized spacial score (nSPS) is 11.8. The van der Waals surface area contributed by atoms with E-state index in [0.29, 0.717) is 30.3 Å². The van der Waals surface area contributed by atoms with Gasteiger partial charge in [0.15, 0.2) is 6.54 Å². The molecule has 0 aliphatic carbocycles. The molecule has 8 heteroatoms. The van der Waals surface area contributed by atoms with Crippen molar-refractivity contribution in [2.75, 3.05) is 5.73 Å². The summed E-state index contributed by atoms with van der Waals surface area (Å²) in [6.45, 7) is 11.5. The van der Waals surface area contributed by atoms with Gasteiger partial charge in [0.25, 0.3) is 5.88 Å². The molecule has 0 radical (unpaired) electrons. The van der Waals surface area contributed by atoms with Crippen LogP contribution in [0.15, 0.2) is 60.7 Å². The van der Waals surface area contributed by atoms with Gasteiger partial charge in [-0.25, -0.2) is 0 Å². The van der Waals surface area contributed by atoms with E-state index in [4.69, 9.17) is 15.2 Å². The second kappa shape index (κ2) is 11.7. The molecule has 0 atom stereocenters. The van der Waals surface area contributed by atoms with Crippen molar-refractivity contribution in [3.05, 3.63) is 82.9 Å². The van der Waals surface area contributed by atoms with Crippen LogP contribution in [0.4, 0.5) is 5.95 Å². The van der Waals surface area contributed by atoms with Crippen LogP contribution in [-0.4, -0.2) is 26.6 Å². The molecular formula is C30H38N5O3+. The monoisotopic (exact) mass is 516 g/mol. The maximum atomic E-state index is 13.5. The number of nitrogens with two attached hydrogens (primary N) is 1. The van der Waals surface area contributed by atoms with Crippen LogP contribution in [0, 0.1) is 0 Å². The van der Waals surface area contributed by atoms with E-state index in [1.807, 2.05) is 48.5 Å². The minimum absolute atomic E-state index is 0.0348. The number of nitrogen functional groups attached to an aromatic ring is 1. The number of hydrogen-bond acceptors (Lipinski definition) is 6. The molecule has 0 fully saturated rings. The number of Topliss-reactive ketones (excluding diaryl/α,β-unsaturated/α-hetero) is 1. The Morgan fingerprint density at radius 2 is 1.71 bits per heavy atom. The lowest BCUT2D eigenvalue weighted by atomic mass is 9.84. The van der Waals surface area contributed by atoms with Crippen LogP contribution >= 0.6 is 0 Å². The molecule has 2 aromatic carbocycles. The number of hydrogen-bond donors (Lipinski definition) is 1. The third-order valence-electron chi connectivity index (χ3n) is 6.55. The zero-order chi connectivity index (χ0) is 27.3. The van der Waals surface area contributed by atoms with Crippen molar-refractivity contribution in [2.24, 2.45) is 0 Å². The molecule has 2 N–H and O–H groups in total. The summed E-state index contributed by atoms with van der Waals surface area (Å²) < 4.78 is 15.0. The first-order valence-electron chi connectivity index (χ1n) is 13.2. The average molecular weight is 517 g/mol. The van der Waals surface area contributed by atoms with E-state index in [-0.39, 0.29) is 29.8 Å². The Morgan fingerprint density at radius 3 is 2.39 bits per heavy atom. The molecule has 0 saturated heterocycles. The van der Waals surface area contributed by atoms with Crippen molar-refractivity contribution in [3.8, 4) is 5.88 Å². The highest BCUT2D eigenvalue weighted by Crippen LogP contribution is 2.25. The molecule has 0 amide bonds. The average Bonchev–Trinajstić information content (AvgIpc) is 3.21. The lowest BCUT2D eigenvalue weighted by molar-refractivity contribution is -0.714. The third-order valence-corrected chi connectivity index (χ3v) is 6.55. The van der Waals surface area contributed by atoms with Crippen molar-refractivity contribution in [2.45, 2.75) is 78.7 Å². The lowest BCUT2D eigenvalue weighted by Crippen LogP contribution is -2.40. The predicted molar refractivity (Wildman–Crippen MR) is 147 cm³/mol. The summed E-state index contributed by atoms with van der Waals surface area (Å²) in [7, 11) is 0. The molecule has 0 bridgehead atoms. The van der Waals surface area contributed by atoms with Crippen LogP contribution < -0.4 is 15.2 Å². The quantitative estimate of drug-likeness (QED) is 0.221. The highest BCUT2D eigenvalue weighted by Gasteiger charge is 2.24. The number of ether oxygens (including phenoxy) is 2. The van der Waals surface area contributed by atoms with E-state index in [1.165, 1.54) is 4.52 Å². The van der Waals surface area contributed by atoms with Gasteiger partial charge in [-0.15, -0.1) is 4.68 Å². The number of fused-ring (bicyclic) bond motifs is 1. The maximum Gasteiger partial charge on any atom is 0.355 e. The van der Waals surface area contributed by atoms with Crippen molar-refractivity contribution in [3.63, 3.8) is 0 Å². The molecule has 2 heterocycles. The van der Waals surface area contributed by atoms with Crippen molar-refractivity contribution in [1.82, 2.24) is 14.7 Å². The number of ketones is 1. The SMILES string of the molecule is CCC(CC)Oc1ccc2n(n1)c(N)n[n+]2CC(=O)c1cc(COCc2ccccc2)cc(C(C)(C)C)c1. The number of rotatable bonds is 11. The van der Waals surface area contributed by atoms with Crippen LogP contribution in [0.25, 0.3) is 5.65 Å². The second-order valence-corrected chi connectivity index (χ2v) is 10.6. The zero-order valence-corrected chi connectivity index (χ0v) is 23.0. The molecule has 0 unspecified atom stereocenters. The van der Waals surface area contributed by atoms with E-state index >= 15 is 0 Å². The van der Waals surface area contributed by atoms with Crippen LogP contribution in [-0.2, 0) is 29.9 Å². The van der Waals surface area contributed by atoms with Crippen molar-refractivity contribution in [1.29, 1.82) is 0 Å². The third kappa shape index (κ3) is 6.55. The molecule has 4 aromatic rings. The summed E-state index contributed by atoms with van der Waals surface area (Å²) in [5, 5.41) is 8.88. The molecule has 0 aliphatic rings. The minimum Gasteiger partial charge on any atom is -0.472 e. The summed E-state index contributed by atoms with van der Waals surface area (Å²) in [6, 6.07) is 19.7. The lowest BCUT2D eigenvalue weighted by Gasteiger charge is -2.21. The molecule has 0 spiro atoms. The number of nitrogens with zero attached hydrogens (tertiary/aromatic N) is 4. The predicted octanol–water partition coefficient (Wildman–Crippen LogP) is 5.06. The Hall–Kier alpha value is -3.78. The number of carbonyl (C=O) groups is 1. The first-order valence-corrected chi connectivity index (χ1v) is 13.2. The Morgan fingerprint density at radius 1 is 1.00 bits per heavy atom. The van der Waals surface area contributed by atoms with Gasteiger partial charge in [0, 0.05) is 17.7 Å². The Balaban J connectivity index is 1.55. The smallest absolute Gasteiger partial charge is 0.355 e. The topological polar surface area (TPSA) is 95.6 Å².